The summed E-state index contributed by atoms with van der Waals surface area (Å²) in [5.74, 6) is -0.177. The van der Waals surface area contributed by atoms with E-state index in [-0.39, 0.29) is 23.6 Å². The molecule has 0 bridgehead atoms. The second-order valence-electron chi connectivity index (χ2n) is 5.92. The highest BCUT2D eigenvalue weighted by Crippen LogP contribution is 2.22. The Morgan fingerprint density at radius 2 is 2.10 bits per heavy atom. The van der Waals surface area contributed by atoms with Crippen LogP contribution in [0.4, 0.5) is 0 Å². The van der Waals surface area contributed by atoms with Crippen molar-refractivity contribution in [3.8, 4) is 6.07 Å². The Balaban J connectivity index is 1.85. The van der Waals surface area contributed by atoms with Crippen LogP contribution in [-0.4, -0.2) is 43.2 Å². The molecule has 1 unspecified atom stereocenters. The van der Waals surface area contributed by atoms with Gasteiger partial charge in [-0.1, -0.05) is 19.3 Å². The van der Waals surface area contributed by atoms with Gasteiger partial charge in [-0.05, 0) is 25.7 Å². The number of nitriles is 1. The van der Waals surface area contributed by atoms with E-state index in [1.807, 2.05) is 13.1 Å². The maximum atomic E-state index is 12.4. The number of carbonyl (C=O) groups excluding carboxylic acids is 1. The fourth-order valence-corrected chi connectivity index (χ4v) is 3.06. The van der Waals surface area contributed by atoms with Crippen LogP contribution in [0.5, 0.6) is 0 Å². The van der Waals surface area contributed by atoms with Crippen molar-refractivity contribution < 1.29 is 9.53 Å². The van der Waals surface area contributed by atoms with Crippen LogP contribution in [0.2, 0.25) is 0 Å². The van der Waals surface area contributed by atoms with Crippen molar-refractivity contribution in [1.82, 2.24) is 10.2 Å². The van der Waals surface area contributed by atoms with E-state index in [2.05, 4.69) is 5.32 Å². The van der Waals surface area contributed by atoms with E-state index >= 15 is 0 Å². The molecular formula is C16H25N3O2. The van der Waals surface area contributed by atoms with E-state index in [0.29, 0.717) is 6.54 Å². The van der Waals surface area contributed by atoms with E-state index in [4.69, 9.17) is 4.74 Å². The molecule has 0 aromatic carbocycles. The number of carbonyl (C=O) groups is 1. The summed E-state index contributed by atoms with van der Waals surface area (Å²) in [6.07, 6.45) is 9.56. The quantitative estimate of drug-likeness (QED) is 0.621. The molecule has 5 nitrogen and oxygen atoms in total. The number of nitrogens with one attached hydrogen (secondary N) is 1. The van der Waals surface area contributed by atoms with Crippen molar-refractivity contribution in [3.05, 3.63) is 11.8 Å². The molecule has 0 aromatic rings. The van der Waals surface area contributed by atoms with E-state index in [1.54, 1.807) is 11.1 Å². The summed E-state index contributed by atoms with van der Waals surface area (Å²) in [7, 11) is 1.81. The molecule has 1 aliphatic carbocycles. The Morgan fingerprint density at radius 1 is 1.33 bits per heavy atom. The van der Waals surface area contributed by atoms with Crippen LogP contribution in [0.25, 0.3) is 0 Å². The Labute approximate surface area is 126 Å². The lowest BCUT2D eigenvalue weighted by atomic mass is 9.94. The van der Waals surface area contributed by atoms with Crippen molar-refractivity contribution >= 4 is 5.91 Å². The number of hydrogen-bond donors (Lipinski definition) is 1. The molecule has 1 atom stereocenters. The lowest BCUT2D eigenvalue weighted by molar-refractivity contribution is -0.128. The fourth-order valence-electron chi connectivity index (χ4n) is 3.06. The van der Waals surface area contributed by atoms with E-state index in [0.717, 1.165) is 32.3 Å². The Bertz CT molecular complexity index is 416. The Morgan fingerprint density at radius 3 is 2.71 bits per heavy atom. The topological polar surface area (TPSA) is 65.4 Å². The minimum atomic E-state index is -0.177. The predicted molar refractivity (Wildman–Crippen MR) is 80.3 cm³/mol. The first-order valence-corrected chi connectivity index (χ1v) is 7.95. The molecule has 116 valence electrons. The highest BCUT2D eigenvalue weighted by Gasteiger charge is 2.24. The van der Waals surface area contributed by atoms with Gasteiger partial charge in [0, 0.05) is 32.4 Å². The van der Waals surface area contributed by atoms with Crippen LogP contribution in [0, 0.1) is 11.3 Å². The molecule has 2 fully saturated rings. The van der Waals surface area contributed by atoms with Gasteiger partial charge in [0.05, 0.1) is 6.10 Å². The molecule has 0 radical (unpaired) electrons. The molecule has 1 saturated heterocycles. The molecular weight excluding hydrogens is 266 g/mol. The molecule has 21 heavy (non-hydrogen) atoms. The largest absolute Gasteiger partial charge is 0.387 e. The van der Waals surface area contributed by atoms with Gasteiger partial charge in [-0.25, -0.2) is 0 Å². The Kier molecular flexibility index (Phi) is 6.06. The molecule has 0 spiro atoms. The number of amides is 1. The third kappa shape index (κ3) is 4.47. The van der Waals surface area contributed by atoms with Crippen molar-refractivity contribution in [2.75, 3.05) is 20.2 Å². The summed E-state index contributed by atoms with van der Waals surface area (Å²) in [6, 6.07) is 2.29. The maximum Gasteiger partial charge on any atom is 0.265 e. The smallest absolute Gasteiger partial charge is 0.265 e. The molecule has 2 rings (SSSR count). The summed E-state index contributed by atoms with van der Waals surface area (Å²) < 4.78 is 5.50. The second-order valence-corrected chi connectivity index (χ2v) is 5.92. The maximum absolute atomic E-state index is 12.4. The van der Waals surface area contributed by atoms with Crippen LogP contribution in [0.1, 0.15) is 44.9 Å². The zero-order valence-electron chi connectivity index (χ0n) is 12.8. The van der Waals surface area contributed by atoms with Crippen LogP contribution >= 0.6 is 0 Å². The van der Waals surface area contributed by atoms with Crippen LogP contribution in [0.15, 0.2) is 11.8 Å². The van der Waals surface area contributed by atoms with Crippen molar-refractivity contribution in [2.45, 2.75) is 57.1 Å². The normalized spacial score (nSPS) is 23.6. The fraction of sp³-hybridized carbons (Fsp3) is 0.750. The van der Waals surface area contributed by atoms with Crippen LogP contribution < -0.4 is 5.32 Å². The van der Waals surface area contributed by atoms with Gasteiger partial charge in [0.15, 0.2) is 0 Å². The minimum absolute atomic E-state index is 0.177. The van der Waals surface area contributed by atoms with Crippen molar-refractivity contribution in [1.29, 1.82) is 5.26 Å². The molecule has 1 N–H and O–H groups in total. The summed E-state index contributed by atoms with van der Waals surface area (Å²) in [5.41, 5.74) is 0.182. The standard InChI is InChI=1S/C16H25N3O2/c1-19(14-6-3-2-4-7-14)16(20)13(10-17)11-18-12-15-8-5-9-21-15/h11,14-15,18H,2-9,12H2,1H3/b13-11-. The van der Waals surface area contributed by atoms with E-state index in [9.17, 15) is 10.1 Å². The molecule has 2 aliphatic rings. The third-order valence-corrected chi connectivity index (χ3v) is 4.41. The van der Waals surface area contributed by atoms with Crippen molar-refractivity contribution in [3.63, 3.8) is 0 Å². The third-order valence-electron chi connectivity index (χ3n) is 4.41. The number of nitrogens with zero attached hydrogens (tertiary/aromatic N) is 2. The Hall–Kier alpha value is -1.54. The molecule has 1 aliphatic heterocycles. The van der Waals surface area contributed by atoms with Gasteiger partial charge in [-0.15, -0.1) is 0 Å². The summed E-state index contributed by atoms with van der Waals surface area (Å²) in [4.78, 5) is 14.1. The summed E-state index contributed by atoms with van der Waals surface area (Å²) in [5, 5.41) is 12.3. The van der Waals surface area contributed by atoms with Gasteiger partial charge in [-0.2, -0.15) is 5.26 Å². The number of likely N-dealkylation sites (N-methyl/N-ethyl adjacent to an activating group) is 1. The van der Waals surface area contributed by atoms with Gasteiger partial charge in [0.2, 0.25) is 0 Å². The zero-order chi connectivity index (χ0) is 15.1. The van der Waals surface area contributed by atoms with Crippen LogP contribution in [-0.2, 0) is 9.53 Å². The molecule has 1 heterocycles. The average Bonchev–Trinajstić information content (AvgIpc) is 3.04. The first kappa shape index (κ1) is 15.8. The van der Waals surface area contributed by atoms with Gasteiger partial charge >= 0.3 is 0 Å². The summed E-state index contributed by atoms with van der Waals surface area (Å²) >= 11 is 0. The van der Waals surface area contributed by atoms with Gasteiger partial charge < -0.3 is 15.0 Å². The van der Waals surface area contributed by atoms with Gasteiger partial charge in [-0.3, -0.25) is 4.79 Å². The van der Waals surface area contributed by atoms with E-state index in [1.165, 1.54) is 19.3 Å². The number of rotatable bonds is 5. The number of ether oxygens (including phenoxy) is 1. The number of hydrogen-bond acceptors (Lipinski definition) is 4. The highest BCUT2D eigenvalue weighted by atomic mass is 16.5. The molecule has 1 saturated carbocycles. The molecule has 1 amide bonds. The lowest BCUT2D eigenvalue weighted by Gasteiger charge is -2.31. The zero-order valence-corrected chi connectivity index (χ0v) is 12.8. The van der Waals surface area contributed by atoms with Gasteiger partial charge in [0.1, 0.15) is 11.6 Å². The van der Waals surface area contributed by atoms with Crippen molar-refractivity contribution in [2.24, 2.45) is 0 Å². The highest BCUT2D eigenvalue weighted by molar-refractivity contribution is 5.97. The SMILES string of the molecule is CN(C(=O)/C(C#N)=C\NCC1CCCO1)C1CCCCC1. The molecule has 5 heteroatoms. The van der Waals surface area contributed by atoms with E-state index < -0.39 is 0 Å². The monoisotopic (exact) mass is 291 g/mol. The first-order chi connectivity index (χ1) is 10.2. The lowest BCUT2D eigenvalue weighted by Crippen LogP contribution is -2.39. The second kappa shape index (κ2) is 8.04. The summed E-state index contributed by atoms with van der Waals surface area (Å²) in [6.45, 7) is 1.47. The average molecular weight is 291 g/mol. The predicted octanol–water partition coefficient (Wildman–Crippen LogP) is 1.95. The van der Waals surface area contributed by atoms with Crippen LogP contribution in [0.3, 0.4) is 0 Å². The first-order valence-electron chi connectivity index (χ1n) is 7.95. The van der Waals surface area contributed by atoms with Gasteiger partial charge in [0.25, 0.3) is 5.91 Å². The molecule has 0 aromatic heterocycles. The minimum Gasteiger partial charge on any atom is -0.387 e.